The maximum atomic E-state index is 5.65. The Morgan fingerprint density at radius 1 is 1.61 bits per heavy atom. The average molecular weight is 265 g/mol. The van der Waals surface area contributed by atoms with Gasteiger partial charge in [0.2, 0.25) is 0 Å². The number of ether oxygens (including phenoxy) is 1. The van der Waals surface area contributed by atoms with Crippen molar-refractivity contribution >= 4 is 12.2 Å². The minimum atomic E-state index is 0.236. The highest BCUT2D eigenvalue weighted by molar-refractivity contribution is 7.71. The SMILES string of the molecule is Cc1occc1-c1n[nH]c(=S)n1CC1CCCO1. The van der Waals surface area contributed by atoms with Crippen molar-refractivity contribution in [3.05, 3.63) is 22.9 Å². The molecule has 0 saturated carbocycles. The van der Waals surface area contributed by atoms with Crippen LogP contribution in [0.25, 0.3) is 11.4 Å². The van der Waals surface area contributed by atoms with E-state index < -0.39 is 0 Å². The van der Waals surface area contributed by atoms with E-state index in [0.717, 1.165) is 43.1 Å². The van der Waals surface area contributed by atoms with Crippen LogP contribution in [0.4, 0.5) is 0 Å². The fourth-order valence-electron chi connectivity index (χ4n) is 2.30. The quantitative estimate of drug-likeness (QED) is 0.867. The zero-order valence-electron chi connectivity index (χ0n) is 10.2. The van der Waals surface area contributed by atoms with Crippen molar-refractivity contribution < 1.29 is 9.15 Å². The van der Waals surface area contributed by atoms with Gasteiger partial charge in [-0.05, 0) is 38.0 Å². The summed E-state index contributed by atoms with van der Waals surface area (Å²) in [7, 11) is 0. The van der Waals surface area contributed by atoms with Gasteiger partial charge in [-0.1, -0.05) is 0 Å². The van der Waals surface area contributed by atoms with Gasteiger partial charge in [0.05, 0.1) is 24.5 Å². The van der Waals surface area contributed by atoms with E-state index in [4.69, 9.17) is 21.4 Å². The molecule has 1 fully saturated rings. The summed E-state index contributed by atoms with van der Waals surface area (Å²) in [5.74, 6) is 1.67. The van der Waals surface area contributed by atoms with Crippen LogP contribution in [-0.4, -0.2) is 27.5 Å². The molecule has 5 nitrogen and oxygen atoms in total. The molecule has 1 unspecified atom stereocenters. The second-order valence-electron chi connectivity index (χ2n) is 4.49. The lowest BCUT2D eigenvalue weighted by Gasteiger charge is -2.11. The van der Waals surface area contributed by atoms with Crippen LogP contribution in [0.5, 0.6) is 0 Å². The number of nitrogens with one attached hydrogen (secondary N) is 1. The molecule has 0 spiro atoms. The zero-order valence-corrected chi connectivity index (χ0v) is 11.0. The molecule has 1 atom stereocenters. The lowest BCUT2D eigenvalue weighted by Crippen LogP contribution is -2.16. The number of H-pyrrole nitrogens is 1. The minimum Gasteiger partial charge on any atom is -0.469 e. The van der Waals surface area contributed by atoms with Crippen LogP contribution in [0.2, 0.25) is 0 Å². The summed E-state index contributed by atoms with van der Waals surface area (Å²) >= 11 is 5.28. The summed E-state index contributed by atoms with van der Waals surface area (Å²) < 4.78 is 13.6. The van der Waals surface area contributed by atoms with Crippen molar-refractivity contribution in [2.24, 2.45) is 0 Å². The molecule has 0 radical (unpaired) electrons. The lowest BCUT2D eigenvalue weighted by atomic mass is 10.2. The van der Waals surface area contributed by atoms with Crippen molar-refractivity contribution in [3.63, 3.8) is 0 Å². The topological polar surface area (TPSA) is 56.0 Å². The van der Waals surface area contributed by atoms with Crippen molar-refractivity contribution in [3.8, 4) is 11.4 Å². The maximum absolute atomic E-state index is 5.65. The minimum absolute atomic E-state index is 0.236. The highest BCUT2D eigenvalue weighted by Crippen LogP contribution is 2.24. The Labute approximate surface area is 110 Å². The van der Waals surface area contributed by atoms with Crippen LogP contribution in [0.1, 0.15) is 18.6 Å². The Bertz CT molecular complexity index is 592. The number of nitrogens with zero attached hydrogens (tertiary/aromatic N) is 2. The van der Waals surface area contributed by atoms with E-state index in [1.54, 1.807) is 6.26 Å². The van der Waals surface area contributed by atoms with Gasteiger partial charge in [-0.3, -0.25) is 9.67 Å². The van der Waals surface area contributed by atoms with Gasteiger partial charge in [0, 0.05) is 6.61 Å². The normalized spacial score (nSPS) is 19.5. The van der Waals surface area contributed by atoms with Crippen LogP contribution >= 0.6 is 12.2 Å². The van der Waals surface area contributed by atoms with Gasteiger partial charge in [-0.25, -0.2) is 0 Å². The number of hydrogen-bond donors (Lipinski definition) is 1. The molecule has 0 amide bonds. The maximum Gasteiger partial charge on any atom is 0.195 e. The molecular formula is C12H15N3O2S. The van der Waals surface area contributed by atoms with Gasteiger partial charge in [0.15, 0.2) is 10.6 Å². The predicted molar refractivity (Wildman–Crippen MR) is 68.8 cm³/mol. The Hall–Kier alpha value is -1.40. The molecule has 96 valence electrons. The number of rotatable bonds is 3. The predicted octanol–water partition coefficient (Wildman–Crippen LogP) is 2.69. The van der Waals surface area contributed by atoms with Gasteiger partial charge in [-0.2, -0.15) is 5.10 Å². The summed E-state index contributed by atoms with van der Waals surface area (Å²) in [6, 6.07) is 1.91. The molecule has 1 aliphatic rings. The first-order chi connectivity index (χ1) is 8.75. The summed E-state index contributed by atoms with van der Waals surface area (Å²) in [6.45, 7) is 3.51. The second-order valence-corrected chi connectivity index (χ2v) is 4.88. The Morgan fingerprint density at radius 2 is 2.50 bits per heavy atom. The van der Waals surface area contributed by atoms with E-state index in [-0.39, 0.29) is 6.10 Å². The van der Waals surface area contributed by atoms with Crippen molar-refractivity contribution in [2.75, 3.05) is 6.61 Å². The lowest BCUT2D eigenvalue weighted by molar-refractivity contribution is 0.0970. The summed E-state index contributed by atoms with van der Waals surface area (Å²) in [6.07, 6.45) is 4.10. The van der Waals surface area contributed by atoms with Crippen LogP contribution < -0.4 is 0 Å². The smallest absolute Gasteiger partial charge is 0.195 e. The van der Waals surface area contributed by atoms with Gasteiger partial charge in [0.1, 0.15) is 5.76 Å². The molecule has 2 aromatic heterocycles. The first kappa shape index (κ1) is 11.7. The van der Waals surface area contributed by atoms with E-state index in [2.05, 4.69) is 10.2 Å². The summed E-state index contributed by atoms with van der Waals surface area (Å²) in [5.41, 5.74) is 0.973. The molecule has 6 heteroatoms. The molecule has 3 heterocycles. The molecule has 1 N–H and O–H groups in total. The fourth-order valence-corrected chi connectivity index (χ4v) is 2.51. The third-order valence-electron chi connectivity index (χ3n) is 3.27. The Morgan fingerprint density at radius 3 is 3.17 bits per heavy atom. The molecule has 0 aromatic carbocycles. The molecule has 3 rings (SSSR count). The van der Waals surface area contributed by atoms with Crippen LogP contribution in [0.3, 0.4) is 0 Å². The summed E-state index contributed by atoms with van der Waals surface area (Å²) in [5, 5.41) is 7.14. The third-order valence-corrected chi connectivity index (χ3v) is 3.58. The van der Waals surface area contributed by atoms with E-state index >= 15 is 0 Å². The van der Waals surface area contributed by atoms with E-state index in [0.29, 0.717) is 4.77 Å². The van der Waals surface area contributed by atoms with E-state index in [9.17, 15) is 0 Å². The molecule has 1 saturated heterocycles. The largest absolute Gasteiger partial charge is 0.469 e. The number of aryl methyl sites for hydroxylation is 1. The van der Waals surface area contributed by atoms with Crippen molar-refractivity contribution in [1.29, 1.82) is 0 Å². The van der Waals surface area contributed by atoms with E-state index in [1.807, 2.05) is 17.6 Å². The molecule has 18 heavy (non-hydrogen) atoms. The molecule has 0 aliphatic carbocycles. The molecule has 1 aliphatic heterocycles. The van der Waals surface area contributed by atoms with Crippen molar-refractivity contribution in [2.45, 2.75) is 32.4 Å². The van der Waals surface area contributed by atoms with Crippen LogP contribution in [0.15, 0.2) is 16.7 Å². The monoisotopic (exact) mass is 265 g/mol. The first-order valence-electron chi connectivity index (χ1n) is 6.07. The summed E-state index contributed by atoms with van der Waals surface area (Å²) in [4.78, 5) is 0. The number of hydrogen-bond acceptors (Lipinski definition) is 4. The van der Waals surface area contributed by atoms with Gasteiger partial charge in [-0.15, -0.1) is 0 Å². The van der Waals surface area contributed by atoms with Gasteiger partial charge < -0.3 is 9.15 Å². The number of aromatic amines is 1. The third kappa shape index (κ3) is 2.02. The number of furan rings is 1. The number of aromatic nitrogens is 3. The molecule has 0 bridgehead atoms. The van der Waals surface area contributed by atoms with E-state index in [1.165, 1.54) is 0 Å². The molecular weight excluding hydrogens is 250 g/mol. The van der Waals surface area contributed by atoms with Crippen LogP contribution in [0, 0.1) is 11.7 Å². The van der Waals surface area contributed by atoms with Crippen molar-refractivity contribution in [1.82, 2.24) is 14.8 Å². The standard InChI is InChI=1S/C12H15N3O2S/c1-8-10(4-6-16-8)11-13-14-12(18)15(11)7-9-3-2-5-17-9/h4,6,9H,2-3,5,7H2,1H3,(H,14,18). The second kappa shape index (κ2) is 4.70. The fraction of sp³-hybridized carbons (Fsp3) is 0.500. The van der Waals surface area contributed by atoms with Gasteiger partial charge >= 0.3 is 0 Å². The Kier molecular flexibility index (Phi) is 3.05. The Balaban J connectivity index is 1.96. The van der Waals surface area contributed by atoms with Crippen LogP contribution in [-0.2, 0) is 11.3 Å². The highest BCUT2D eigenvalue weighted by Gasteiger charge is 2.20. The first-order valence-corrected chi connectivity index (χ1v) is 6.48. The zero-order chi connectivity index (χ0) is 12.5. The van der Waals surface area contributed by atoms with Gasteiger partial charge in [0.25, 0.3) is 0 Å². The molecule has 2 aromatic rings. The average Bonchev–Trinajstić information content (AvgIpc) is 3.05. The highest BCUT2D eigenvalue weighted by atomic mass is 32.1.